The Morgan fingerprint density at radius 1 is 0.967 bits per heavy atom. The van der Waals surface area contributed by atoms with Crippen LogP contribution in [0.5, 0.6) is 0 Å². The highest BCUT2D eigenvalue weighted by molar-refractivity contribution is 7.83. The smallest absolute Gasteiger partial charge is 0.327 e. The maximum absolute atomic E-state index is 13.4. The van der Waals surface area contributed by atoms with E-state index in [0.29, 0.717) is 12.0 Å². The largest absolute Gasteiger partial charge is 0.333 e. The number of carbonyl (C=O) groups is 1. The van der Waals surface area contributed by atoms with Gasteiger partial charge in [-0.05, 0) is 61.4 Å². The van der Waals surface area contributed by atoms with E-state index in [-0.39, 0.29) is 23.9 Å². The third-order valence-electron chi connectivity index (χ3n) is 6.16. The highest BCUT2D eigenvalue weighted by Crippen LogP contribution is 2.34. The molecule has 30 heavy (non-hydrogen) atoms. The molecule has 0 radical (unpaired) electrons. The van der Waals surface area contributed by atoms with Gasteiger partial charge in [0, 0.05) is 12.1 Å². The number of nitrogens with zero attached hydrogens (tertiary/aromatic N) is 1. The number of urea groups is 1. The van der Waals surface area contributed by atoms with Gasteiger partial charge < -0.3 is 10.2 Å². The summed E-state index contributed by atoms with van der Waals surface area (Å²) in [5, 5.41) is 3.09. The Labute approximate surface area is 186 Å². The zero-order valence-electron chi connectivity index (χ0n) is 20.0. The van der Waals surface area contributed by atoms with E-state index in [1.807, 2.05) is 0 Å². The van der Waals surface area contributed by atoms with Crippen molar-refractivity contribution < 1.29 is 9.00 Å². The second kappa shape index (κ2) is 10.8. The molecule has 0 aromatic heterocycles. The van der Waals surface area contributed by atoms with Crippen molar-refractivity contribution in [1.29, 1.82) is 0 Å². The molecule has 2 N–H and O–H groups in total. The van der Waals surface area contributed by atoms with Gasteiger partial charge in [-0.15, -0.1) is 0 Å². The average molecular weight is 436 g/mol. The van der Waals surface area contributed by atoms with E-state index in [1.54, 1.807) is 0 Å². The van der Waals surface area contributed by atoms with Gasteiger partial charge in [0.15, 0.2) is 11.0 Å². The van der Waals surface area contributed by atoms with Crippen LogP contribution in [0.25, 0.3) is 0 Å². The van der Waals surface area contributed by atoms with Crippen molar-refractivity contribution in [3.63, 3.8) is 0 Å². The Hall–Kier alpha value is -1.40. The third-order valence-corrected chi connectivity index (χ3v) is 7.37. The van der Waals surface area contributed by atoms with Gasteiger partial charge in [0.05, 0.1) is 4.90 Å². The van der Waals surface area contributed by atoms with Gasteiger partial charge in [-0.1, -0.05) is 66.5 Å². The summed E-state index contributed by atoms with van der Waals surface area (Å²) in [7, 11) is 2.51. The van der Waals surface area contributed by atoms with Gasteiger partial charge in [0.2, 0.25) is 0 Å². The van der Waals surface area contributed by atoms with E-state index >= 15 is 0 Å². The monoisotopic (exact) mass is 435 g/mol. The first-order valence-electron chi connectivity index (χ1n) is 11.4. The van der Waals surface area contributed by atoms with Gasteiger partial charge in [0.1, 0.15) is 0 Å². The van der Waals surface area contributed by atoms with Gasteiger partial charge in [-0.2, -0.15) is 0 Å². The lowest BCUT2D eigenvalue weighted by Gasteiger charge is -2.36. The topological polar surface area (TPSA) is 61.4 Å². The number of nitrogens with one attached hydrogen (secondary N) is 2. The number of rotatable bonds is 7. The normalized spacial score (nSPS) is 20.8. The highest BCUT2D eigenvalue weighted by atomic mass is 32.2. The lowest BCUT2D eigenvalue weighted by molar-refractivity contribution is 0.176. The molecule has 6 heteroatoms. The molecular formula is C24H41N3O2S. The van der Waals surface area contributed by atoms with Gasteiger partial charge in [0.25, 0.3) is 0 Å². The van der Waals surface area contributed by atoms with Crippen molar-refractivity contribution in [3.8, 4) is 0 Å². The first-order valence-corrected chi connectivity index (χ1v) is 12.5. The van der Waals surface area contributed by atoms with Crippen LogP contribution in [0.4, 0.5) is 4.79 Å². The maximum Gasteiger partial charge on any atom is 0.327 e. The lowest BCUT2D eigenvalue weighted by atomic mass is 9.89. The number of carbonyl (C=O) groups excluding carboxylic acids is 1. The SMILES string of the molecule is CC(C)c1cc(C(C)C)c(S(=O)NC(=O)N[C@@H]2CCCC[C@H]2N(C)C)c(C(C)C)c1. The van der Waals surface area contributed by atoms with Crippen molar-refractivity contribution in [2.45, 2.75) is 102 Å². The second-order valence-corrected chi connectivity index (χ2v) is 10.9. The Bertz CT molecular complexity index is 730. The van der Waals surface area contributed by atoms with Crippen molar-refractivity contribution in [1.82, 2.24) is 14.9 Å². The van der Waals surface area contributed by atoms with Crippen LogP contribution in [0.15, 0.2) is 17.0 Å². The van der Waals surface area contributed by atoms with Gasteiger partial charge in [-0.3, -0.25) is 4.72 Å². The molecule has 1 saturated carbocycles. The molecule has 1 aromatic rings. The molecule has 0 aliphatic heterocycles. The van der Waals surface area contributed by atoms with E-state index < -0.39 is 11.0 Å². The Balaban J connectivity index is 2.28. The molecule has 1 aliphatic rings. The fourth-order valence-corrected chi connectivity index (χ4v) is 5.68. The van der Waals surface area contributed by atoms with Crippen LogP contribution in [-0.2, 0) is 11.0 Å². The molecule has 2 amide bonds. The lowest BCUT2D eigenvalue weighted by Crippen LogP contribution is -2.53. The summed E-state index contributed by atoms with van der Waals surface area (Å²) in [4.78, 5) is 15.7. The molecule has 1 aromatic carbocycles. The first kappa shape index (κ1) is 24.9. The zero-order valence-corrected chi connectivity index (χ0v) is 20.9. The van der Waals surface area contributed by atoms with Crippen LogP contribution in [0.3, 0.4) is 0 Å². The number of benzene rings is 1. The number of amides is 2. The number of likely N-dealkylation sites (N-methyl/N-ethyl adjacent to an activating group) is 1. The molecule has 0 bridgehead atoms. The fourth-order valence-electron chi connectivity index (χ4n) is 4.33. The Morgan fingerprint density at radius 2 is 1.50 bits per heavy atom. The molecule has 170 valence electrons. The predicted octanol–water partition coefficient (Wildman–Crippen LogP) is 5.25. The highest BCUT2D eigenvalue weighted by Gasteiger charge is 2.29. The minimum Gasteiger partial charge on any atom is -0.333 e. The van der Waals surface area contributed by atoms with E-state index in [9.17, 15) is 9.00 Å². The minimum atomic E-state index is -1.60. The second-order valence-electron chi connectivity index (χ2n) is 9.76. The summed E-state index contributed by atoms with van der Waals surface area (Å²) >= 11 is 0. The molecule has 2 rings (SSSR count). The quantitative estimate of drug-likeness (QED) is 0.615. The molecule has 5 nitrogen and oxygen atoms in total. The van der Waals surface area contributed by atoms with E-state index in [1.165, 1.54) is 12.0 Å². The van der Waals surface area contributed by atoms with Crippen molar-refractivity contribution in [3.05, 3.63) is 28.8 Å². The zero-order chi connectivity index (χ0) is 22.6. The van der Waals surface area contributed by atoms with Gasteiger partial charge in [-0.25, -0.2) is 9.00 Å². The maximum atomic E-state index is 13.4. The summed E-state index contributed by atoms with van der Waals surface area (Å²) < 4.78 is 16.1. The van der Waals surface area contributed by atoms with Crippen molar-refractivity contribution in [2.24, 2.45) is 0 Å². The number of hydrogen-bond acceptors (Lipinski definition) is 3. The van der Waals surface area contributed by atoms with Crippen LogP contribution in [0, 0.1) is 0 Å². The molecule has 0 heterocycles. The average Bonchev–Trinajstić information content (AvgIpc) is 2.66. The standard InChI is InChI=1S/C24H41N3O2S/c1-15(2)18-13-19(16(3)4)23(20(14-18)17(5)6)30(29)26-24(28)25-21-11-9-10-12-22(21)27(7)8/h13-17,21-22H,9-12H2,1-8H3,(H2,25,26,28)/t21-,22-,30?/m1/s1. The summed E-state index contributed by atoms with van der Waals surface area (Å²) in [6.07, 6.45) is 4.34. The van der Waals surface area contributed by atoms with Crippen LogP contribution in [0.1, 0.15) is 102 Å². The molecular weight excluding hydrogens is 394 g/mol. The molecule has 0 saturated heterocycles. The number of hydrogen-bond donors (Lipinski definition) is 2. The van der Waals surface area contributed by atoms with E-state index in [4.69, 9.17) is 0 Å². The summed E-state index contributed by atoms with van der Waals surface area (Å²) in [6, 6.07) is 4.39. The third kappa shape index (κ3) is 6.07. The van der Waals surface area contributed by atoms with Crippen LogP contribution in [0.2, 0.25) is 0 Å². The summed E-state index contributed by atoms with van der Waals surface area (Å²) in [5.41, 5.74) is 3.38. The molecule has 1 unspecified atom stereocenters. The Morgan fingerprint density at radius 3 is 1.97 bits per heavy atom. The predicted molar refractivity (Wildman–Crippen MR) is 127 cm³/mol. The van der Waals surface area contributed by atoms with Crippen LogP contribution < -0.4 is 10.0 Å². The summed E-state index contributed by atoms with van der Waals surface area (Å²) in [5.74, 6) is 0.843. The Kier molecular flexibility index (Phi) is 8.92. The van der Waals surface area contributed by atoms with Crippen LogP contribution >= 0.6 is 0 Å². The first-order chi connectivity index (χ1) is 14.0. The molecule has 0 spiro atoms. The van der Waals surface area contributed by atoms with Crippen molar-refractivity contribution in [2.75, 3.05) is 14.1 Å². The minimum absolute atomic E-state index is 0.0863. The summed E-state index contributed by atoms with van der Waals surface area (Å²) in [6.45, 7) is 12.8. The van der Waals surface area contributed by atoms with E-state index in [0.717, 1.165) is 35.3 Å². The molecule has 3 atom stereocenters. The van der Waals surface area contributed by atoms with Crippen LogP contribution in [-0.4, -0.2) is 41.3 Å². The fraction of sp³-hybridized carbons (Fsp3) is 0.708. The molecule has 1 aliphatic carbocycles. The molecule has 1 fully saturated rings. The van der Waals surface area contributed by atoms with Gasteiger partial charge >= 0.3 is 6.03 Å². The van der Waals surface area contributed by atoms with E-state index in [2.05, 4.69) is 82.7 Å². The van der Waals surface area contributed by atoms with Crippen molar-refractivity contribution >= 4 is 17.0 Å².